The lowest BCUT2D eigenvalue weighted by atomic mass is 10.0. The average molecular weight is 263 g/mol. The average Bonchev–Trinajstić information content (AvgIpc) is 2.82. The number of hydrogen-bond donors (Lipinski definition) is 2. The molecule has 2 N–H and O–H groups in total. The summed E-state index contributed by atoms with van der Waals surface area (Å²) in [5, 5.41) is 13.4. The zero-order chi connectivity index (χ0) is 13.7. The fourth-order valence-corrected chi connectivity index (χ4v) is 2.61. The van der Waals surface area contributed by atoms with Crippen LogP contribution in [0.5, 0.6) is 5.75 Å². The van der Waals surface area contributed by atoms with Gasteiger partial charge in [0.25, 0.3) is 0 Å². The highest BCUT2D eigenvalue weighted by molar-refractivity contribution is 5.39. The lowest BCUT2D eigenvalue weighted by molar-refractivity contribution is 0.0504. The molecule has 0 bridgehead atoms. The summed E-state index contributed by atoms with van der Waals surface area (Å²) >= 11 is 0. The molecule has 3 nitrogen and oxygen atoms in total. The smallest absolute Gasteiger partial charge is 0.122 e. The molecule has 0 radical (unpaired) electrons. The maximum absolute atomic E-state index is 10.1. The maximum Gasteiger partial charge on any atom is 0.122 e. The van der Waals surface area contributed by atoms with Gasteiger partial charge in [0.15, 0.2) is 0 Å². The highest BCUT2D eigenvalue weighted by atomic mass is 16.5. The van der Waals surface area contributed by atoms with E-state index in [0.29, 0.717) is 6.54 Å². The largest absolute Gasteiger partial charge is 0.493 e. The molecule has 0 fully saturated rings. The fourth-order valence-electron chi connectivity index (χ4n) is 2.61. The number of nitrogens with one attached hydrogen (secondary N) is 1. The van der Waals surface area contributed by atoms with Gasteiger partial charge in [0.05, 0.1) is 12.2 Å². The van der Waals surface area contributed by atoms with E-state index in [4.69, 9.17) is 4.74 Å². The van der Waals surface area contributed by atoms with E-state index in [9.17, 15) is 5.11 Å². The van der Waals surface area contributed by atoms with Crippen LogP contribution >= 0.6 is 0 Å². The molecule has 1 aromatic rings. The Kier molecular flexibility index (Phi) is 4.83. The molecule has 3 heteroatoms. The number of ether oxygens (including phenoxy) is 1. The van der Waals surface area contributed by atoms with Crippen LogP contribution in [0.2, 0.25) is 0 Å². The molecule has 1 aromatic carbocycles. The first-order valence-corrected chi connectivity index (χ1v) is 7.28. The van der Waals surface area contributed by atoms with Crippen LogP contribution in [0, 0.1) is 0 Å². The minimum absolute atomic E-state index is 0.583. The zero-order valence-electron chi connectivity index (χ0n) is 12.0. The molecular weight excluding hydrogens is 238 g/mol. The van der Waals surface area contributed by atoms with Crippen LogP contribution in [-0.4, -0.2) is 30.4 Å². The Morgan fingerprint density at radius 2 is 2.26 bits per heavy atom. The minimum Gasteiger partial charge on any atom is -0.493 e. The first-order valence-electron chi connectivity index (χ1n) is 7.28. The topological polar surface area (TPSA) is 41.5 Å². The summed E-state index contributed by atoms with van der Waals surface area (Å²) in [5.74, 6) is 1.04. The highest BCUT2D eigenvalue weighted by Gasteiger charge is 2.18. The van der Waals surface area contributed by atoms with Crippen LogP contribution < -0.4 is 10.1 Å². The van der Waals surface area contributed by atoms with E-state index in [1.165, 1.54) is 11.1 Å². The molecule has 19 heavy (non-hydrogen) atoms. The molecule has 0 aliphatic carbocycles. The predicted octanol–water partition coefficient (Wildman–Crippen LogP) is 2.30. The van der Waals surface area contributed by atoms with Crippen molar-refractivity contribution >= 4 is 0 Å². The number of rotatable bonds is 7. The molecular formula is C16H25NO2. The molecule has 1 aliphatic rings. The van der Waals surface area contributed by atoms with E-state index < -0.39 is 5.60 Å². The van der Waals surface area contributed by atoms with Crippen LogP contribution in [0.15, 0.2) is 18.2 Å². The van der Waals surface area contributed by atoms with Crippen molar-refractivity contribution < 1.29 is 9.84 Å². The number of aliphatic hydroxyl groups is 1. The standard InChI is InChI=1S/C16H25NO2/c1-3-8-16(2,18)12-17-9-6-13-4-5-15-14(11-13)7-10-19-15/h4-5,11,17-18H,3,6-10,12H2,1-2H3. The zero-order valence-corrected chi connectivity index (χ0v) is 12.0. The summed E-state index contributed by atoms with van der Waals surface area (Å²) in [7, 11) is 0. The Hall–Kier alpha value is -1.06. The van der Waals surface area contributed by atoms with Crippen LogP contribution in [0.25, 0.3) is 0 Å². The molecule has 0 spiro atoms. The van der Waals surface area contributed by atoms with E-state index in [1.54, 1.807) is 0 Å². The van der Waals surface area contributed by atoms with Gasteiger partial charge >= 0.3 is 0 Å². The van der Waals surface area contributed by atoms with Crippen molar-refractivity contribution in [1.82, 2.24) is 5.32 Å². The number of fused-ring (bicyclic) bond motifs is 1. The third kappa shape index (κ3) is 4.22. The van der Waals surface area contributed by atoms with Gasteiger partial charge in [0, 0.05) is 13.0 Å². The van der Waals surface area contributed by atoms with Crippen molar-refractivity contribution in [3.05, 3.63) is 29.3 Å². The molecule has 0 aromatic heterocycles. The second-order valence-corrected chi connectivity index (χ2v) is 5.71. The first kappa shape index (κ1) is 14.4. The monoisotopic (exact) mass is 263 g/mol. The number of benzene rings is 1. The lowest BCUT2D eigenvalue weighted by Crippen LogP contribution is -2.38. The van der Waals surface area contributed by atoms with Crippen molar-refractivity contribution in [3.8, 4) is 5.75 Å². The third-order valence-corrected chi connectivity index (χ3v) is 3.64. The van der Waals surface area contributed by atoms with Crippen LogP contribution in [0.3, 0.4) is 0 Å². The summed E-state index contributed by atoms with van der Waals surface area (Å²) in [6.45, 7) is 6.38. The number of hydrogen-bond acceptors (Lipinski definition) is 3. The minimum atomic E-state index is -0.583. The first-order chi connectivity index (χ1) is 9.11. The van der Waals surface area contributed by atoms with Crippen LogP contribution in [0.1, 0.15) is 37.8 Å². The molecule has 106 valence electrons. The summed E-state index contributed by atoms with van der Waals surface area (Å²) in [6, 6.07) is 6.45. The van der Waals surface area contributed by atoms with Crippen LogP contribution in [-0.2, 0) is 12.8 Å². The van der Waals surface area contributed by atoms with Crippen molar-refractivity contribution in [2.75, 3.05) is 19.7 Å². The van der Waals surface area contributed by atoms with Crippen molar-refractivity contribution in [3.63, 3.8) is 0 Å². The molecule has 2 rings (SSSR count). The van der Waals surface area contributed by atoms with Gasteiger partial charge in [-0.2, -0.15) is 0 Å². The van der Waals surface area contributed by atoms with Crippen molar-refractivity contribution in [2.45, 2.75) is 45.1 Å². The molecule has 1 unspecified atom stereocenters. The van der Waals surface area contributed by atoms with Gasteiger partial charge in [-0.3, -0.25) is 0 Å². The summed E-state index contributed by atoms with van der Waals surface area (Å²) in [6.07, 6.45) is 3.88. The molecule has 0 saturated heterocycles. The van der Waals surface area contributed by atoms with Gasteiger partial charge in [-0.1, -0.05) is 25.5 Å². The normalized spacial score (nSPS) is 16.8. The van der Waals surface area contributed by atoms with E-state index in [-0.39, 0.29) is 0 Å². The summed E-state index contributed by atoms with van der Waals surface area (Å²) in [4.78, 5) is 0. The van der Waals surface area contributed by atoms with Gasteiger partial charge in [0.2, 0.25) is 0 Å². The van der Waals surface area contributed by atoms with Crippen molar-refractivity contribution in [2.24, 2.45) is 0 Å². The molecule has 1 heterocycles. The predicted molar refractivity (Wildman–Crippen MR) is 77.7 cm³/mol. The lowest BCUT2D eigenvalue weighted by Gasteiger charge is -2.23. The van der Waals surface area contributed by atoms with Gasteiger partial charge in [-0.05, 0) is 43.5 Å². The SMILES string of the molecule is CCCC(C)(O)CNCCc1ccc2c(c1)CCO2. The molecule has 1 atom stereocenters. The Balaban J connectivity index is 1.74. The van der Waals surface area contributed by atoms with E-state index in [0.717, 1.165) is 44.6 Å². The van der Waals surface area contributed by atoms with Gasteiger partial charge in [-0.15, -0.1) is 0 Å². The molecule has 1 aliphatic heterocycles. The second-order valence-electron chi connectivity index (χ2n) is 5.71. The Morgan fingerprint density at radius 3 is 3.05 bits per heavy atom. The van der Waals surface area contributed by atoms with Gasteiger partial charge < -0.3 is 15.2 Å². The highest BCUT2D eigenvalue weighted by Crippen LogP contribution is 2.25. The van der Waals surface area contributed by atoms with E-state index >= 15 is 0 Å². The Bertz CT molecular complexity index is 415. The van der Waals surface area contributed by atoms with Crippen molar-refractivity contribution in [1.29, 1.82) is 0 Å². The third-order valence-electron chi connectivity index (χ3n) is 3.64. The Morgan fingerprint density at radius 1 is 1.42 bits per heavy atom. The molecule has 0 amide bonds. The second kappa shape index (κ2) is 6.40. The summed E-state index contributed by atoms with van der Waals surface area (Å²) in [5.41, 5.74) is 2.09. The van der Waals surface area contributed by atoms with E-state index in [2.05, 4.69) is 30.4 Å². The quantitative estimate of drug-likeness (QED) is 0.742. The van der Waals surface area contributed by atoms with E-state index in [1.807, 2.05) is 6.92 Å². The Labute approximate surface area is 116 Å². The van der Waals surface area contributed by atoms with Gasteiger partial charge in [0.1, 0.15) is 5.75 Å². The van der Waals surface area contributed by atoms with Crippen LogP contribution in [0.4, 0.5) is 0 Å². The summed E-state index contributed by atoms with van der Waals surface area (Å²) < 4.78 is 5.50. The molecule has 0 saturated carbocycles. The fraction of sp³-hybridized carbons (Fsp3) is 0.625. The maximum atomic E-state index is 10.1. The van der Waals surface area contributed by atoms with Gasteiger partial charge in [-0.25, -0.2) is 0 Å².